The van der Waals surface area contributed by atoms with E-state index in [2.05, 4.69) is 10.6 Å². The Labute approximate surface area is 227 Å². The fourth-order valence-electron chi connectivity index (χ4n) is 5.57. The highest BCUT2D eigenvalue weighted by molar-refractivity contribution is 6.11. The Morgan fingerprint density at radius 1 is 0.974 bits per heavy atom. The summed E-state index contributed by atoms with van der Waals surface area (Å²) in [5.74, 6) is -1.01. The fraction of sp³-hybridized carbons (Fsp3) is 0.333. The molecule has 1 amide bonds. The number of benzene rings is 3. The van der Waals surface area contributed by atoms with Gasteiger partial charge in [-0.2, -0.15) is 0 Å². The Bertz CT molecular complexity index is 1400. The number of esters is 1. The molecule has 1 aliphatic carbocycles. The number of nitrogens with one attached hydrogen (secondary N) is 2. The number of carbonyl (C=O) groups is 2. The summed E-state index contributed by atoms with van der Waals surface area (Å²) in [6.45, 7) is 0.525. The number of ether oxygens (including phenoxy) is 1. The van der Waals surface area contributed by atoms with Gasteiger partial charge in [-0.05, 0) is 55.2 Å². The van der Waals surface area contributed by atoms with E-state index >= 15 is 0 Å². The monoisotopic (exact) mass is 528 g/mol. The second-order valence-corrected chi connectivity index (χ2v) is 10.00. The van der Waals surface area contributed by atoms with Crippen molar-refractivity contribution in [2.24, 2.45) is 0 Å². The number of methoxy groups -OCH3 is 1. The van der Waals surface area contributed by atoms with E-state index in [0.717, 1.165) is 43.4 Å². The lowest BCUT2D eigenvalue weighted by Gasteiger charge is -2.23. The number of hydrogen-bond donors (Lipinski definition) is 2. The standard InChI is InChI=1S/C30H32N4O5/c1-39-30(36)21-15-16-24(31-22-10-4-2-3-5-11-22)25(19-21)32-29(35)23-12-8-14-27(34(37)38)28(23)33-18-17-20-9-6-7-13-26(20)33/h6-9,12-16,19,22,31H,2-5,10-11,17-18H2,1H3,(H,32,35). The molecule has 0 spiro atoms. The maximum absolute atomic E-state index is 13.8. The molecule has 2 aliphatic rings. The van der Waals surface area contributed by atoms with Gasteiger partial charge < -0.3 is 20.3 Å². The molecule has 0 unspecified atom stereocenters. The van der Waals surface area contributed by atoms with E-state index in [1.165, 1.54) is 32.1 Å². The van der Waals surface area contributed by atoms with Crippen molar-refractivity contribution in [3.63, 3.8) is 0 Å². The molecule has 1 fully saturated rings. The maximum Gasteiger partial charge on any atom is 0.337 e. The Morgan fingerprint density at radius 2 is 1.74 bits per heavy atom. The van der Waals surface area contributed by atoms with Crippen LogP contribution < -0.4 is 15.5 Å². The van der Waals surface area contributed by atoms with Crippen LogP contribution in [0.3, 0.4) is 0 Å². The molecule has 1 heterocycles. The quantitative estimate of drug-likeness (QED) is 0.156. The molecule has 0 saturated heterocycles. The van der Waals surface area contributed by atoms with Crippen LogP contribution in [0.2, 0.25) is 0 Å². The lowest BCUT2D eigenvalue weighted by atomic mass is 10.1. The number of rotatable bonds is 7. The number of hydrogen-bond acceptors (Lipinski definition) is 7. The lowest BCUT2D eigenvalue weighted by Crippen LogP contribution is -2.23. The summed E-state index contributed by atoms with van der Waals surface area (Å²) in [6, 6.07) is 17.6. The van der Waals surface area contributed by atoms with E-state index < -0.39 is 16.8 Å². The van der Waals surface area contributed by atoms with Gasteiger partial charge in [-0.1, -0.05) is 49.9 Å². The fourth-order valence-corrected chi connectivity index (χ4v) is 5.57. The topological polar surface area (TPSA) is 114 Å². The van der Waals surface area contributed by atoms with Crippen LogP contribution in [0.4, 0.5) is 28.4 Å². The predicted octanol–water partition coefficient (Wildman–Crippen LogP) is 6.46. The molecule has 9 heteroatoms. The van der Waals surface area contributed by atoms with Crippen LogP contribution >= 0.6 is 0 Å². The summed E-state index contributed by atoms with van der Waals surface area (Å²) >= 11 is 0. The second kappa shape index (κ2) is 11.6. The molecule has 202 valence electrons. The van der Waals surface area contributed by atoms with Crippen LogP contribution in [0, 0.1) is 10.1 Å². The van der Waals surface area contributed by atoms with Crippen LogP contribution in [-0.4, -0.2) is 36.5 Å². The Hall–Kier alpha value is -4.40. The molecular weight excluding hydrogens is 496 g/mol. The van der Waals surface area contributed by atoms with Crippen molar-refractivity contribution in [3.05, 3.63) is 87.5 Å². The van der Waals surface area contributed by atoms with E-state index in [1.807, 2.05) is 29.2 Å². The van der Waals surface area contributed by atoms with E-state index in [-0.39, 0.29) is 23.0 Å². The third kappa shape index (κ3) is 5.57. The number of para-hydroxylation sites is 2. The number of nitrogens with zero attached hydrogens (tertiary/aromatic N) is 2. The van der Waals surface area contributed by atoms with E-state index in [9.17, 15) is 19.7 Å². The van der Waals surface area contributed by atoms with Gasteiger partial charge in [0.25, 0.3) is 11.6 Å². The molecule has 39 heavy (non-hydrogen) atoms. The van der Waals surface area contributed by atoms with Gasteiger partial charge in [0, 0.05) is 24.3 Å². The number of fused-ring (bicyclic) bond motifs is 1. The maximum atomic E-state index is 13.8. The first-order valence-corrected chi connectivity index (χ1v) is 13.4. The van der Waals surface area contributed by atoms with Crippen molar-refractivity contribution in [3.8, 4) is 0 Å². The zero-order valence-corrected chi connectivity index (χ0v) is 21.9. The minimum absolute atomic E-state index is 0.139. The van der Waals surface area contributed by atoms with Crippen molar-refractivity contribution in [1.82, 2.24) is 0 Å². The summed E-state index contributed by atoms with van der Waals surface area (Å²) in [7, 11) is 1.31. The van der Waals surface area contributed by atoms with Gasteiger partial charge in [0.15, 0.2) is 0 Å². The van der Waals surface area contributed by atoms with Crippen LogP contribution in [0.5, 0.6) is 0 Å². The number of nitro groups is 1. The zero-order chi connectivity index (χ0) is 27.4. The first-order valence-electron chi connectivity index (χ1n) is 13.4. The van der Waals surface area contributed by atoms with Crippen molar-refractivity contribution in [1.29, 1.82) is 0 Å². The van der Waals surface area contributed by atoms with Gasteiger partial charge in [0.2, 0.25) is 0 Å². The molecule has 3 aromatic carbocycles. The molecule has 0 atom stereocenters. The molecule has 0 aromatic heterocycles. The van der Waals surface area contributed by atoms with Crippen LogP contribution in [-0.2, 0) is 11.2 Å². The molecule has 2 N–H and O–H groups in total. The van der Waals surface area contributed by atoms with Crippen molar-refractivity contribution < 1.29 is 19.2 Å². The second-order valence-electron chi connectivity index (χ2n) is 10.00. The van der Waals surface area contributed by atoms with Crippen LogP contribution in [0.15, 0.2) is 60.7 Å². The van der Waals surface area contributed by atoms with Crippen molar-refractivity contribution in [2.75, 3.05) is 29.2 Å². The minimum atomic E-state index is -0.517. The smallest absolute Gasteiger partial charge is 0.337 e. The van der Waals surface area contributed by atoms with Crippen molar-refractivity contribution >= 4 is 40.3 Å². The summed E-state index contributed by atoms with van der Waals surface area (Å²) in [5.41, 5.74) is 3.64. The summed E-state index contributed by atoms with van der Waals surface area (Å²) < 4.78 is 4.90. The highest BCUT2D eigenvalue weighted by atomic mass is 16.6. The molecule has 3 aromatic rings. The number of carbonyl (C=O) groups excluding carboxylic acids is 2. The molecule has 0 bridgehead atoms. The van der Waals surface area contributed by atoms with Gasteiger partial charge in [0.1, 0.15) is 5.69 Å². The number of nitro benzene ring substituents is 1. The average Bonchev–Trinajstić information content (AvgIpc) is 3.21. The Balaban J connectivity index is 1.52. The molecule has 1 saturated carbocycles. The van der Waals surface area contributed by atoms with Crippen LogP contribution in [0.25, 0.3) is 0 Å². The summed E-state index contributed by atoms with van der Waals surface area (Å²) in [6.07, 6.45) is 7.45. The normalized spacial score (nSPS) is 15.3. The summed E-state index contributed by atoms with van der Waals surface area (Å²) in [4.78, 5) is 39.6. The van der Waals surface area contributed by atoms with Gasteiger partial charge in [-0.3, -0.25) is 14.9 Å². The highest BCUT2D eigenvalue weighted by Crippen LogP contribution is 2.42. The average molecular weight is 529 g/mol. The van der Waals surface area contributed by atoms with E-state index in [0.29, 0.717) is 23.5 Å². The Kier molecular flexibility index (Phi) is 7.76. The van der Waals surface area contributed by atoms with Crippen LogP contribution in [0.1, 0.15) is 64.8 Å². The lowest BCUT2D eigenvalue weighted by molar-refractivity contribution is -0.384. The van der Waals surface area contributed by atoms with Gasteiger partial charge in [0.05, 0.1) is 34.5 Å². The molecule has 5 rings (SSSR count). The van der Waals surface area contributed by atoms with Gasteiger partial charge >= 0.3 is 5.97 Å². The highest BCUT2D eigenvalue weighted by Gasteiger charge is 2.31. The first kappa shape index (κ1) is 26.2. The third-order valence-corrected chi connectivity index (χ3v) is 7.52. The SMILES string of the molecule is COC(=O)c1ccc(NC2CCCCCC2)c(NC(=O)c2cccc([N+](=O)[O-])c2N2CCc3ccccc32)c1. The molecule has 1 aliphatic heterocycles. The largest absolute Gasteiger partial charge is 0.465 e. The molecular formula is C30H32N4O5. The van der Waals surface area contributed by atoms with Gasteiger partial charge in [-0.25, -0.2) is 4.79 Å². The van der Waals surface area contributed by atoms with Crippen molar-refractivity contribution in [2.45, 2.75) is 51.0 Å². The summed E-state index contributed by atoms with van der Waals surface area (Å²) in [5, 5.41) is 18.6. The number of amides is 1. The molecule has 9 nitrogen and oxygen atoms in total. The number of anilines is 4. The minimum Gasteiger partial charge on any atom is -0.465 e. The first-order chi connectivity index (χ1) is 19.0. The third-order valence-electron chi connectivity index (χ3n) is 7.52. The predicted molar refractivity (Wildman–Crippen MR) is 151 cm³/mol. The zero-order valence-electron chi connectivity index (χ0n) is 21.9. The van der Waals surface area contributed by atoms with E-state index in [1.54, 1.807) is 24.3 Å². The van der Waals surface area contributed by atoms with E-state index in [4.69, 9.17) is 4.74 Å². The molecule has 0 radical (unpaired) electrons. The Morgan fingerprint density at radius 3 is 2.49 bits per heavy atom. The van der Waals surface area contributed by atoms with Gasteiger partial charge in [-0.15, -0.1) is 0 Å².